The first kappa shape index (κ1) is 18.9. The number of rotatable bonds is 4. The fourth-order valence-corrected chi connectivity index (χ4v) is 4.38. The molecule has 150 valence electrons. The standard InChI is InChI=1S/C20H27N5O3/c1-28-18-11-9-15(10-12-18)19(26)23-13-5-8-17(14-23)25-20(27)24(21-22-25)16-6-3-2-4-7-16/h2-4,6-7,15,17-18H,5,8-14H2,1H3/t15?,17-,18?/m0/s1. The molecule has 28 heavy (non-hydrogen) atoms. The third-order valence-electron chi connectivity index (χ3n) is 6.01. The molecule has 0 unspecified atom stereocenters. The van der Waals surface area contributed by atoms with Crippen LogP contribution in [0.4, 0.5) is 0 Å². The number of amides is 1. The number of para-hydroxylation sites is 1. The number of carbonyl (C=O) groups is 1. The highest BCUT2D eigenvalue weighted by molar-refractivity contribution is 5.79. The molecule has 0 bridgehead atoms. The lowest BCUT2D eigenvalue weighted by atomic mass is 9.86. The summed E-state index contributed by atoms with van der Waals surface area (Å²) >= 11 is 0. The van der Waals surface area contributed by atoms with E-state index in [1.165, 1.54) is 9.36 Å². The molecule has 4 rings (SSSR count). The maximum absolute atomic E-state index is 13.0. The van der Waals surface area contributed by atoms with Crippen LogP contribution >= 0.6 is 0 Å². The Morgan fingerprint density at radius 3 is 2.54 bits per heavy atom. The lowest BCUT2D eigenvalue weighted by molar-refractivity contribution is -0.139. The zero-order valence-corrected chi connectivity index (χ0v) is 16.2. The predicted molar refractivity (Wildman–Crippen MR) is 103 cm³/mol. The number of benzene rings is 1. The van der Waals surface area contributed by atoms with Gasteiger partial charge < -0.3 is 9.64 Å². The molecule has 1 aromatic heterocycles. The van der Waals surface area contributed by atoms with E-state index in [1.807, 2.05) is 35.2 Å². The molecule has 1 aliphatic carbocycles. The average Bonchev–Trinajstić information content (AvgIpc) is 3.15. The molecule has 1 saturated heterocycles. The summed E-state index contributed by atoms with van der Waals surface area (Å²) in [7, 11) is 1.74. The second-order valence-corrected chi connectivity index (χ2v) is 7.74. The Balaban J connectivity index is 1.45. The molecule has 2 heterocycles. The second kappa shape index (κ2) is 8.26. The molecule has 2 fully saturated rings. The van der Waals surface area contributed by atoms with Crippen LogP contribution in [0, 0.1) is 5.92 Å². The molecule has 1 saturated carbocycles. The van der Waals surface area contributed by atoms with Crippen LogP contribution in [0.5, 0.6) is 0 Å². The van der Waals surface area contributed by atoms with E-state index in [4.69, 9.17) is 4.74 Å². The molecule has 1 atom stereocenters. The lowest BCUT2D eigenvalue weighted by Crippen LogP contribution is -2.46. The molecule has 0 N–H and O–H groups in total. The van der Waals surface area contributed by atoms with Crippen LogP contribution in [-0.2, 0) is 9.53 Å². The summed E-state index contributed by atoms with van der Waals surface area (Å²) < 4.78 is 8.16. The SMILES string of the molecule is COC1CCC(C(=O)N2CCC[C@H](n3nnn(-c4ccccc4)c3=O)C2)CC1. The van der Waals surface area contributed by atoms with Crippen molar-refractivity contribution in [2.75, 3.05) is 20.2 Å². The van der Waals surface area contributed by atoms with Crippen molar-refractivity contribution in [3.05, 3.63) is 40.8 Å². The van der Waals surface area contributed by atoms with Gasteiger partial charge in [0.1, 0.15) is 0 Å². The zero-order chi connectivity index (χ0) is 19.5. The fraction of sp³-hybridized carbons (Fsp3) is 0.600. The van der Waals surface area contributed by atoms with Gasteiger partial charge in [-0.2, -0.15) is 9.36 Å². The first-order valence-electron chi connectivity index (χ1n) is 10.1. The van der Waals surface area contributed by atoms with E-state index in [2.05, 4.69) is 10.4 Å². The summed E-state index contributed by atoms with van der Waals surface area (Å²) in [6.45, 7) is 1.28. The highest BCUT2D eigenvalue weighted by Gasteiger charge is 2.33. The van der Waals surface area contributed by atoms with Gasteiger partial charge in [0, 0.05) is 26.1 Å². The first-order chi connectivity index (χ1) is 13.7. The van der Waals surface area contributed by atoms with Gasteiger partial charge in [-0.25, -0.2) is 4.79 Å². The Morgan fingerprint density at radius 2 is 1.82 bits per heavy atom. The van der Waals surface area contributed by atoms with Gasteiger partial charge in [-0.05, 0) is 61.1 Å². The minimum atomic E-state index is -0.258. The van der Waals surface area contributed by atoms with Crippen molar-refractivity contribution in [2.24, 2.45) is 5.92 Å². The average molecular weight is 385 g/mol. The number of likely N-dealkylation sites (tertiary alicyclic amines) is 1. The van der Waals surface area contributed by atoms with Gasteiger partial charge in [-0.1, -0.05) is 18.2 Å². The number of ether oxygens (including phenoxy) is 1. The second-order valence-electron chi connectivity index (χ2n) is 7.74. The quantitative estimate of drug-likeness (QED) is 0.801. The molecule has 1 aliphatic heterocycles. The zero-order valence-electron chi connectivity index (χ0n) is 16.2. The van der Waals surface area contributed by atoms with Gasteiger partial charge in [0.05, 0.1) is 17.8 Å². The minimum absolute atomic E-state index is 0.0712. The van der Waals surface area contributed by atoms with Gasteiger partial charge >= 0.3 is 5.69 Å². The number of nitrogens with zero attached hydrogens (tertiary/aromatic N) is 5. The minimum Gasteiger partial charge on any atom is -0.381 e. The summed E-state index contributed by atoms with van der Waals surface area (Å²) in [5, 5.41) is 8.14. The predicted octanol–water partition coefficient (Wildman–Crippen LogP) is 1.80. The molecule has 8 heteroatoms. The highest BCUT2D eigenvalue weighted by atomic mass is 16.5. The van der Waals surface area contributed by atoms with Crippen LogP contribution in [0.25, 0.3) is 5.69 Å². The Bertz CT molecular complexity index is 854. The molecule has 1 aromatic carbocycles. The van der Waals surface area contributed by atoms with Crippen LogP contribution in [0.1, 0.15) is 44.6 Å². The van der Waals surface area contributed by atoms with E-state index in [9.17, 15) is 9.59 Å². The number of piperidine rings is 1. The van der Waals surface area contributed by atoms with Crippen molar-refractivity contribution in [1.29, 1.82) is 0 Å². The smallest absolute Gasteiger partial charge is 0.368 e. The maximum Gasteiger partial charge on any atom is 0.368 e. The van der Waals surface area contributed by atoms with Crippen molar-refractivity contribution in [3.63, 3.8) is 0 Å². The highest BCUT2D eigenvalue weighted by Crippen LogP contribution is 2.29. The van der Waals surface area contributed by atoms with Crippen molar-refractivity contribution in [3.8, 4) is 5.69 Å². The molecular formula is C20H27N5O3. The summed E-state index contributed by atoms with van der Waals surface area (Å²) in [5.74, 6) is 0.282. The molecule has 8 nitrogen and oxygen atoms in total. The van der Waals surface area contributed by atoms with Gasteiger partial charge in [0.15, 0.2) is 0 Å². The molecule has 2 aliphatic rings. The van der Waals surface area contributed by atoms with Crippen molar-refractivity contribution < 1.29 is 9.53 Å². The Kier molecular flexibility index (Phi) is 5.57. The first-order valence-corrected chi connectivity index (χ1v) is 10.1. The van der Waals surface area contributed by atoms with Crippen LogP contribution in [0.15, 0.2) is 35.1 Å². The van der Waals surface area contributed by atoms with E-state index < -0.39 is 0 Å². The largest absolute Gasteiger partial charge is 0.381 e. The van der Waals surface area contributed by atoms with Gasteiger partial charge in [-0.15, -0.1) is 0 Å². The molecule has 1 amide bonds. The van der Waals surface area contributed by atoms with E-state index in [-0.39, 0.29) is 29.7 Å². The van der Waals surface area contributed by atoms with Crippen LogP contribution < -0.4 is 5.69 Å². The third kappa shape index (κ3) is 3.73. The third-order valence-corrected chi connectivity index (χ3v) is 6.01. The maximum atomic E-state index is 13.0. The van der Waals surface area contributed by atoms with Crippen molar-refractivity contribution in [1.82, 2.24) is 24.7 Å². The molecule has 0 spiro atoms. The monoisotopic (exact) mass is 385 g/mol. The fourth-order valence-electron chi connectivity index (χ4n) is 4.38. The Labute approximate surface area is 164 Å². The summed E-state index contributed by atoms with van der Waals surface area (Å²) in [6.07, 6.45) is 5.61. The van der Waals surface area contributed by atoms with Gasteiger partial charge in [0.2, 0.25) is 5.91 Å². The van der Waals surface area contributed by atoms with E-state index in [0.29, 0.717) is 12.2 Å². The number of aromatic nitrogens is 4. The van der Waals surface area contributed by atoms with Crippen LogP contribution in [0.3, 0.4) is 0 Å². The van der Waals surface area contributed by atoms with Crippen LogP contribution in [-0.4, -0.2) is 56.9 Å². The van der Waals surface area contributed by atoms with Crippen LogP contribution in [0.2, 0.25) is 0 Å². The Hall–Kier alpha value is -2.48. The summed E-state index contributed by atoms with van der Waals surface area (Å²) in [5.41, 5.74) is 0.434. The number of methoxy groups -OCH3 is 1. The number of hydrogen-bond donors (Lipinski definition) is 0. The normalized spacial score (nSPS) is 25.6. The van der Waals surface area contributed by atoms with Crippen molar-refractivity contribution >= 4 is 5.91 Å². The Morgan fingerprint density at radius 1 is 1.07 bits per heavy atom. The topological polar surface area (TPSA) is 82.2 Å². The number of hydrogen-bond acceptors (Lipinski definition) is 5. The van der Waals surface area contributed by atoms with Crippen molar-refractivity contribution in [2.45, 2.75) is 50.7 Å². The number of carbonyl (C=O) groups excluding carboxylic acids is 1. The van der Waals surface area contributed by atoms with Gasteiger partial charge in [0.25, 0.3) is 0 Å². The molecule has 0 radical (unpaired) electrons. The summed E-state index contributed by atoms with van der Waals surface area (Å²) in [4.78, 5) is 27.7. The molecular weight excluding hydrogens is 358 g/mol. The van der Waals surface area contributed by atoms with E-state index in [0.717, 1.165) is 45.1 Å². The van der Waals surface area contributed by atoms with Gasteiger partial charge in [-0.3, -0.25) is 4.79 Å². The lowest BCUT2D eigenvalue weighted by Gasteiger charge is -2.36. The molecule has 2 aromatic rings. The summed E-state index contributed by atoms with van der Waals surface area (Å²) in [6, 6.07) is 9.14. The van der Waals surface area contributed by atoms with E-state index in [1.54, 1.807) is 7.11 Å². The van der Waals surface area contributed by atoms with E-state index >= 15 is 0 Å². The number of tetrazole rings is 1.